The Bertz CT molecular complexity index is 522. The van der Waals surface area contributed by atoms with E-state index < -0.39 is 0 Å². The Labute approximate surface area is 111 Å². The molecule has 1 aromatic carbocycles. The number of hydrogen-bond acceptors (Lipinski definition) is 2. The second kappa shape index (κ2) is 5.74. The van der Waals surface area contributed by atoms with Gasteiger partial charge in [-0.05, 0) is 36.6 Å². The molecule has 0 spiro atoms. The van der Waals surface area contributed by atoms with E-state index in [0.717, 1.165) is 6.42 Å². The fraction of sp³-hybridized carbons (Fsp3) is 0.214. The number of carbonyl (C=O) groups is 1. The van der Waals surface area contributed by atoms with Crippen LogP contribution in [-0.4, -0.2) is 11.9 Å². The van der Waals surface area contributed by atoms with Crippen LogP contribution < -0.4 is 5.32 Å². The second-order valence-electron chi connectivity index (χ2n) is 4.17. The van der Waals surface area contributed by atoms with Gasteiger partial charge in [0.05, 0.1) is 11.8 Å². The van der Waals surface area contributed by atoms with E-state index in [9.17, 15) is 4.79 Å². The largest absolute Gasteiger partial charge is 0.452 e. The maximum atomic E-state index is 11.9. The van der Waals surface area contributed by atoms with Crippen molar-refractivity contribution >= 4 is 17.5 Å². The fourth-order valence-corrected chi connectivity index (χ4v) is 1.98. The molecule has 0 aliphatic rings. The highest BCUT2D eigenvalue weighted by Crippen LogP contribution is 2.16. The topological polar surface area (TPSA) is 42.2 Å². The first-order valence-electron chi connectivity index (χ1n) is 5.74. The van der Waals surface area contributed by atoms with Crippen LogP contribution in [0.1, 0.15) is 22.8 Å². The van der Waals surface area contributed by atoms with E-state index in [1.54, 1.807) is 6.07 Å². The number of furan rings is 1. The maximum Gasteiger partial charge on any atom is 0.256 e. The third kappa shape index (κ3) is 3.14. The monoisotopic (exact) mass is 263 g/mol. The molecule has 4 heteroatoms. The van der Waals surface area contributed by atoms with Gasteiger partial charge in [0.15, 0.2) is 0 Å². The van der Waals surface area contributed by atoms with Crippen molar-refractivity contribution in [1.82, 2.24) is 5.32 Å². The smallest absolute Gasteiger partial charge is 0.256 e. The molecule has 1 heterocycles. The first kappa shape index (κ1) is 12.7. The minimum absolute atomic E-state index is 0.0332. The Morgan fingerprint density at radius 2 is 2.06 bits per heavy atom. The highest BCUT2D eigenvalue weighted by atomic mass is 35.5. The quantitative estimate of drug-likeness (QED) is 0.920. The molecular formula is C14H14ClNO2. The summed E-state index contributed by atoms with van der Waals surface area (Å²) in [6.45, 7) is 1.96. The maximum absolute atomic E-state index is 11.9. The molecule has 0 radical (unpaired) electrons. The third-order valence-corrected chi connectivity index (χ3v) is 2.92. The van der Waals surface area contributed by atoms with Crippen molar-refractivity contribution in [2.75, 3.05) is 0 Å². The SMILES string of the molecule is CC(Cc1ccccc1)NC(=O)c1ccoc1Cl. The summed E-state index contributed by atoms with van der Waals surface area (Å²) < 4.78 is 4.89. The van der Waals surface area contributed by atoms with Gasteiger partial charge < -0.3 is 9.73 Å². The van der Waals surface area contributed by atoms with Crippen LogP contribution in [0.2, 0.25) is 5.22 Å². The highest BCUT2D eigenvalue weighted by Gasteiger charge is 2.15. The van der Waals surface area contributed by atoms with Gasteiger partial charge in [-0.1, -0.05) is 30.3 Å². The van der Waals surface area contributed by atoms with E-state index in [-0.39, 0.29) is 17.2 Å². The first-order valence-corrected chi connectivity index (χ1v) is 6.12. The molecular weight excluding hydrogens is 250 g/mol. The molecule has 0 aliphatic heterocycles. The van der Waals surface area contributed by atoms with Crippen LogP contribution in [-0.2, 0) is 6.42 Å². The molecule has 18 heavy (non-hydrogen) atoms. The summed E-state index contributed by atoms with van der Waals surface area (Å²) in [5.74, 6) is -0.211. The zero-order valence-corrected chi connectivity index (χ0v) is 10.8. The van der Waals surface area contributed by atoms with Crippen molar-refractivity contribution in [2.24, 2.45) is 0 Å². The molecule has 1 N–H and O–H groups in total. The van der Waals surface area contributed by atoms with E-state index in [1.807, 2.05) is 37.3 Å². The summed E-state index contributed by atoms with van der Waals surface area (Å²) in [5.41, 5.74) is 1.56. The number of hydrogen-bond donors (Lipinski definition) is 1. The summed E-state index contributed by atoms with van der Waals surface area (Å²) >= 11 is 5.75. The van der Waals surface area contributed by atoms with Gasteiger partial charge in [-0.3, -0.25) is 4.79 Å². The molecule has 94 valence electrons. The Hall–Kier alpha value is -1.74. The van der Waals surface area contributed by atoms with Gasteiger partial charge in [-0.15, -0.1) is 0 Å². The van der Waals surface area contributed by atoms with Gasteiger partial charge >= 0.3 is 0 Å². The summed E-state index contributed by atoms with van der Waals surface area (Å²) in [7, 11) is 0. The van der Waals surface area contributed by atoms with E-state index in [2.05, 4.69) is 5.32 Å². The second-order valence-corrected chi connectivity index (χ2v) is 4.52. The number of nitrogens with one attached hydrogen (secondary N) is 1. The van der Waals surface area contributed by atoms with Crippen molar-refractivity contribution < 1.29 is 9.21 Å². The lowest BCUT2D eigenvalue weighted by Gasteiger charge is -2.13. The number of amides is 1. The van der Waals surface area contributed by atoms with Crippen molar-refractivity contribution in [1.29, 1.82) is 0 Å². The molecule has 0 aliphatic carbocycles. The van der Waals surface area contributed by atoms with Crippen LogP contribution in [0.5, 0.6) is 0 Å². The Morgan fingerprint density at radius 1 is 1.33 bits per heavy atom. The van der Waals surface area contributed by atoms with Crippen LogP contribution >= 0.6 is 11.6 Å². The van der Waals surface area contributed by atoms with Crippen molar-refractivity contribution in [2.45, 2.75) is 19.4 Å². The zero-order chi connectivity index (χ0) is 13.0. The van der Waals surface area contributed by atoms with Crippen LogP contribution in [0.15, 0.2) is 47.1 Å². The van der Waals surface area contributed by atoms with Gasteiger partial charge in [0.1, 0.15) is 0 Å². The lowest BCUT2D eigenvalue weighted by molar-refractivity contribution is 0.0939. The standard InChI is InChI=1S/C14H14ClNO2/c1-10(9-11-5-3-2-4-6-11)16-14(17)12-7-8-18-13(12)15/h2-8,10H,9H2,1H3,(H,16,17). The average molecular weight is 264 g/mol. The summed E-state index contributed by atoms with van der Waals surface area (Å²) in [6, 6.07) is 11.6. The minimum atomic E-state index is -0.211. The Balaban J connectivity index is 1.94. The average Bonchev–Trinajstić information content (AvgIpc) is 2.76. The lowest BCUT2D eigenvalue weighted by atomic mass is 10.1. The molecule has 0 bridgehead atoms. The predicted molar refractivity (Wildman–Crippen MR) is 70.8 cm³/mol. The van der Waals surface area contributed by atoms with Gasteiger partial charge in [-0.25, -0.2) is 0 Å². The third-order valence-electron chi connectivity index (χ3n) is 2.62. The first-order chi connectivity index (χ1) is 8.66. The van der Waals surface area contributed by atoms with Crippen LogP contribution in [0.3, 0.4) is 0 Å². The van der Waals surface area contributed by atoms with Crippen LogP contribution in [0, 0.1) is 0 Å². The van der Waals surface area contributed by atoms with Crippen LogP contribution in [0.4, 0.5) is 0 Å². The molecule has 2 rings (SSSR count). The lowest BCUT2D eigenvalue weighted by Crippen LogP contribution is -2.33. The van der Waals surface area contributed by atoms with Gasteiger partial charge in [-0.2, -0.15) is 0 Å². The number of carbonyl (C=O) groups excluding carboxylic acids is 1. The Kier molecular flexibility index (Phi) is 4.05. The molecule has 1 amide bonds. The molecule has 0 saturated heterocycles. The highest BCUT2D eigenvalue weighted by molar-refractivity contribution is 6.32. The minimum Gasteiger partial charge on any atom is -0.452 e. The Morgan fingerprint density at radius 3 is 2.67 bits per heavy atom. The molecule has 3 nitrogen and oxygen atoms in total. The number of benzene rings is 1. The van der Waals surface area contributed by atoms with Gasteiger partial charge in [0.2, 0.25) is 5.22 Å². The summed E-state index contributed by atoms with van der Waals surface area (Å²) in [4.78, 5) is 11.9. The summed E-state index contributed by atoms with van der Waals surface area (Å²) in [5, 5.41) is 3.01. The molecule has 0 fully saturated rings. The fourth-order valence-electron chi connectivity index (χ4n) is 1.78. The summed E-state index contributed by atoms with van der Waals surface area (Å²) in [6.07, 6.45) is 2.18. The zero-order valence-electron chi connectivity index (χ0n) is 10.0. The number of rotatable bonds is 4. The molecule has 1 atom stereocenters. The predicted octanol–water partition coefficient (Wildman–Crippen LogP) is 3.29. The van der Waals surface area contributed by atoms with E-state index >= 15 is 0 Å². The van der Waals surface area contributed by atoms with Crippen molar-refractivity contribution in [3.05, 3.63) is 59.0 Å². The molecule has 1 unspecified atom stereocenters. The van der Waals surface area contributed by atoms with Crippen molar-refractivity contribution in [3.63, 3.8) is 0 Å². The van der Waals surface area contributed by atoms with Gasteiger partial charge in [0, 0.05) is 6.04 Å². The van der Waals surface area contributed by atoms with E-state index in [1.165, 1.54) is 11.8 Å². The molecule has 0 saturated carbocycles. The molecule has 1 aromatic heterocycles. The van der Waals surface area contributed by atoms with Gasteiger partial charge in [0.25, 0.3) is 5.91 Å². The van der Waals surface area contributed by atoms with Crippen LogP contribution in [0.25, 0.3) is 0 Å². The van der Waals surface area contributed by atoms with Crippen molar-refractivity contribution in [3.8, 4) is 0 Å². The van der Waals surface area contributed by atoms with E-state index in [4.69, 9.17) is 16.0 Å². The molecule has 2 aromatic rings. The normalized spacial score (nSPS) is 12.1. The van der Waals surface area contributed by atoms with E-state index in [0.29, 0.717) is 5.56 Å². The number of halogens is 1.